The fourth-order valence-electron chi connectivity index (χ4n) is 2.96. The van der Waals surface area contributed by atoms with Gasteiger partial charge in [0.15, 0.2) is 5.75 Å². The van der Waals surface area contributed by atoms with Crippen LogP contribution in [0.2, 0.25) is 0 Å². The number of ether oxygens (including phenoxy) is 1. The lowest BCUT2D eigenvalue weighted by molar-refractivity contribution is 0.263. The van der Waals surface area contributed by atoms with Crippen LogP contribution >= 0.6 is 0 Å². The Morgan fingerprint density at radius 3 is 2.37 bits per heavy atom. The van der Waals surface area contributed by atoms with Gasteiger partial charge in [0.1, 0.15) is 12.4 Å². The van der Waals surface area contributed by atoms with Crippen LogP contribution in [0.25, 0.3) is 11.3 Å². The Morgan fingerprint density at radius 2 is 1.74 bits per heavy atom. The maximum Gasteiger partial charge on any atom is 0.297 e. The molecule has 0 bridgehead atoms. The Labute approximate surface area is 155 Å². The minimum atomic E-state index is -0.553. The van der Waals surface area contributed by atoms with E-state index in [4.69, 9.17) is 4.74 Å². The molecule has 1 aromatic heterocycles. The highest BCUT2D eigenvalue weighted by Crippen LogP contribution is 2.34. The Bertz CT molecular complexity index is 982. The second-order valence-corrected chi connectivity index (χ2v) is 6.11. The van der Waals surface area contributed by atoms with Gasteiger partial charge in [0.2, 0.25) is 5.75 Å². The van der Waals surface area contributed by atoms with Crippen molar-refractivity contribution in [2.75, 3.05) is 6.61 Å². The summed E-state index contributed by atoms with van der Waals surface area (Å²) >= 11 is 0. The van der Waals surface area contributed by atoms with Crippen LogP contribution in [-0.2, 0) is 13.2 Å². The first-order chi connectivity index (χ1) is 13.0. The van der Waals surface area contributed by atoms with Gasteiger partial charge in [0, 0.05) is 12.1 Å². The minimum absolute atomic E-state index is 0.0222. The van der Waals surface area contributed by atoms with Crippen molar-refractivity contribution < 1.29 is 19.3 Å². The standard InChI is InChI=1S/C21H20FNO4/c1-14-18(16-7-9-17(22)10-8-16)23(11-12-24)21(26)20(19(14)25)27-13-15-5-3-2-4-6-15/h2-10,24-25H,11-13H2,1H3. The summed E-state index contributed by atoms with van der Waals surface area (Å²) in [4.78, 5) is 12.9. The van der Waals surface area contributed by atoms with E-state index in [-0.39, 0.29) is 31.3 Å². The molecule has 0 aliphatic rings. The summed E-state index contributed by atoms with van der Waals surface area (Å²) in [5, 5.41) is 20.0. The first-order valence-electron chi connectivity index (χ1n) is 8.52. The molecule has 1 heterocycles. The SMILES string of the molecule is Cc1c(O)c(OCc2ccccc2)c(=O)n(CCO)c1-c1ccc(F)cc1. The molecule has 0 aliphatic heterocycles. The fraction of sp³-hybridized carbons (Fsp3) is 0.190. The first-order valence-corrected chi connectivity index (χ1v) is 8.52. The van der Waals surface area contributed by atoms with Gasteiger partial charge in [0.25, 0.3) is 5.56 Å². The molecule has 27 heavy (non-hydrogen) atoms. The second kappa shape index (κ2) is 8.05. The molecule has 0 saturated carbocycles. The van der Waals surface area contributed by atoms with Gasteiger partial charge in [-0.25, -0.2) is 4.39 Å². The molecular formula is C21H20FNO4. The van der Waals surface area contributed by atoms with E-state index in [0.717, 1.165) is 5.56 Å². The number of hydrogen-bond donors (Lipinski definition) is 2. The van der Waals surface area contributed by atoms with Crippen molar-refractivity contribution >= 4 is 0 Å². The molecule has 0 fully saturated rings. The number of rotatable bonds is 6. The number of aromatic nitrogens is 1. The normalized spacial score (nSPS) is 10.8. The summed E-state index contributed by atoms with van der Waals surface area (Å²) in [6.45, 7) is 1.53. The molecule has 0 spiro atoms. The number of nitrogens with zero attached hydrogens (tertiary/aromatic N) is 1. The van der Waals surface area contributed by atoms with Crippen LogP contribution in [0.4, 0.5) is 4.39 Å². The predicted molar refractivity (Wildman–Crippen MR) is 100 cm³/mol. The average molecular weight is 369 g/mol. The van der Waals surface area contributed by atoms with Gasteiger partial charge in [-0.05, 0) is 42.3 Å². The smallest absolute Gasteiger partial charge is 0.297 e. The third-order valence-electron chi connectivity index (χ3n) is 4.30. The van der Waals surface area contributed by atoms with E-state index < -0.39 is 11.4 Å². The number of pyridine rings is 1. The van der Waals surface area contributed by atoms with Gasteiger partial charge < -0.3 is 19.5 Å². The number of aromatic hydroxyl groups is 1. The molecule has 0 saturated heterocycles. The Kier molecular flexibility index (Phi) is 5.57. The third-order valence-corrected chi connectivity index (χ3v) is 4.30. The van der Waals surface area contributed by atoms with Gasteiger partial charge in [-0.1, -0.05) is 30.3 Å². The zero-order valence-corrected chi connectivity index (χ0v) is 14.9. The van der Waals surface area contributed by atoms with E-state index in [1.54, 1.807) is 6.92 Å². The van der Waals surface area contributed by atoms with Crippen LogP contribution < -0.4 is 10.3 Å². The predicted octanol–water partition coefficient (Wildman–Crippen LogP) is 3.24. The largest absolute Gasteiger partial charge is 0.504 e. The maximum absolute atomic E-state index is 13.3. The second-order valence-electron chi connectivity index (χ2n) is 6.11. The lowest BCUT2D eigenvalue weighted by atomic mass is 10.0. The summed E-state index contributed by atoms with van der Waals surface area (Å²) < 4.78 is 20.2. The molecule has 0 radical (unpaired) electrons. The molecule has 3 aromatic rings. The van der Waals surface area contributed by atoms with Crippen molar-refractivity contribution in [3.8, 4) is 22.8 Å². The molecule has 0 unspecified atom stereocenters. The molecular weight excluding hydrogens is 349 g/mol. The van der Waals surface area contributed by atoms with Crippen LogP contribution in [-0.4, -0.2) is 21.4 Å². The van der Waals surface area contributed by atoms with Crippen molar-refractivity contribution in [2.45, 2.75) is 20.1 Å². The summed E-state index contributed by atoms with van der Waals surface area (Å²) in [7, 11) is 0. The number of benzene rings is 2. The van der Waals surface area contributed by atoms with Crippen molar-refractivity contribution in [1.29, 1.82) is 0 Å². The lowest BCUT2D eigenvalue weighted by Crippen LogP contribution is -2.26. The Hall–Kier alpha value is -3.12. The van der Waals surface area contributed by atoms with E-state index in [0.29, 0.717) is 16.8 Å². The van der Waals surface area contributed by atoms with Gasteiger partial charge in [-0.3, -0.25) is 4.79 Å². The summed E-state index contributed by atoms with van der Waals surface area (Å²) in [6, 6.07) is 14.9. The Balaban J connectivity index is 2.08. The van der Waals surface area contributed by atoms with E-state index in [9.17, 15) is 19.4 Å². The van der Waals surface area contributed by atoms with Crippen molar-refractivity contribution in [3.63, 3.8) is 0 Å². The highest BCUT2D eigenvalue weighted by Gasteiger charge is 2.21. The monoisotopic (exact) mass is 369 g/mol. The van der Waals surface area contributed by atoms with Gasteiger partial charge in [-0.2, -0.15) is 0 Å². The zero-order valence-electron chi connectivity index (χ0n) is 14.9. The molecule has 6 heteroatoms. The van der Waals surface area contributed by atoms with E-state index >= 15 is 0 Å². The molecule has 140 valence electrons. The van der Waals surface area contributed by atoms with Crippen LogP contribution in [0, 0.1) is 12.7 Å². The summed E-state index contributed by atoms with van der Waals surface area (Å²) in [5.41, 5.74) is 1.69. The topological polar surface area (TPSA) is 71.7 Å². The lowest BCUT2D eigenvalue weighted by Gasteiger charge is -2.19. The van der Waals surface area contributed by atoms with E-state index in [1.165, 1.54) is 28.8 Å². The van der Waals surface area contributed by atoms with Gasteiger partial charge in [0.05, 0.1) is 12.3 Å². The van der Waals surface area contributed by atoms with Crippen LogP contribution in [0.15, 0.2) is 59.4 Å². The van der Waals surface area contributed by atoms with Crippen molar-refractivity contribution in [1.82, 2.24) is 4.57 Å². The van der Waals surface area contributed by atoms with Gasteiger partial charge >= 0.3 is 0 Å². The van der Waals surface area contributed by atoms with Gasteiger partial charge in [-0.15, -0.1) is 0 Å². The van der Waals surface area contributed by atoms with E-state index in [2.05, 4.69) is 0 Å². The average Bonchev–Trinajstić information content (AvgIpc) is 2.68. The number of hydrogen-bond acceptors (Lipinski definition) is 4. The van der Waals surface area contributed by atoms with E-state index in [1.807, 2.05) is 30.3 Å². The maximum atomic E-state index is 13.3. The molecule has 0 aliphatic carbocycles. The molecule has 0 amide bonds. The third kappa shape index (κ3) is 3.85. The fourth-order valence-corrected chi connectivity index (χ4v) is 2.96. The summed E-state index contributed by atoms with van der Waals surface area (Å²) in [6.07, 6.45) is 0. The quantitative estimate of drug-likeness (QED) is 0.700. The first kappa shape index (κ1) is 18.7. The molecule has 2 N–H and O–H groups in total. The van der Waals surface area contributed by atoms with Crippen LogP contribution in [0.1, 0.15) is 11.1 Å². The van der Waals surface area contributed by atoms with Crippen molar-refractivity contribution in [2.24, 2.45) is 0 Å². The zero-order chi connectivity index (χ0) is 19.4. The molecule has 5 nitrogen and oxygen atoms in total. The summed E-state index contributed by atoms with van der Waals surface area (Å²) in [5.74, 6) is -0.834. The number of halogens is 1. The molecule has 2 aromatic carbocycles. The van der Waals surface area contributed by atoms with Crippen molar-refractivity contribution in [3.05, 3.63) is 81.9 Å². The highest BCUT2D eigenvalue weighted by molar-refractivity contribution is 5.68. The van der Waals surface area contributed by atoms with Crippen LogP contribution in [0.3, 0.4) is 0 Å². The highest BCUT2D eigenvalue weighted by atomic mass is 19.1. The molecule has 3 rings (SSSR count). The number of aliphatic hydroxyl groups is 1. The minimum Gasteiger partial charge on any atom is -0.504 e. The molecule has 0 atom stereocenters. The Morgan fingerprint density at radius 1 is 1.07 bits per heavy atom. The number of aliphatic hydroxyl groups excluding tert-OH is 1. The van der Waals surface area contributed by atoms with Crippen LogP contribution in [0.5, 0.6) is 11.5 Å².